The molecule has 6 heteroatoms. The van der Waals surface area contributed by atoms with Gasteiger partial charge >= 0.3 is 0 Å². The van der Waals surface area contributed by atoms with E-state index in [1.165, 1.54) is 0 Å². The average molecular weight is 359 g/mol. The fourth-order valence-corrected chi connectivity index (χ4v) is 3.99. The van der Waals surface area contributed by atoms with Gasteiger partial charge in [0, 0.05) is 4.88 Å². The molecule has 2 amide bonds. The lowest BCUT2D eigenvalue weighted by molar-refractivity contribution is -0.154. The second-order valence-corrected chi connectivity index (χ2v) is 8.72. The highest BCUT2D eigenvalue weighted by molar-refractivity contribution is 9.11. The Morgan fingerprint density at radius 2 is 2.00 bits per heavy atom. The lowest BCUT2D eigenvalue weighted by Gasteiger charge is -2.43. The largest absolute Gasteiger partial charge is 0.343 e. The number of hydrogen-bond acceptors (Lipinski definition) is 3. The summed E-state index contributed by atoms with van der Waals surface area (Å²) in [6.07, 6.45) is 0. The minimum atomic E-state index is -0.454. The SMILES string of the molecule is CC1NC(=O)C(C(C)(C)C)N(Cc2ccc(Br)s2)C1=O. The van der Waals surface area contributed by atoms with E-state index >= 15 is 0 Å². The van der Waals surface area contributed by atoms with Gasteiger partial charge < -0.3 is 10.2 Å². The number of carbonyl (C=O) groups excluding carboxylic acids is 2. The van der Waals surface area contributed by atoms with Gasteiger partial charge in [0.05, 0.1) is 10.3 Å². The first-order valence-electron chi connectivity index (χ1n) is 6.55. The lowest BCUT2D eigenvalue weighted by atomic mass is 9.83. The van der Waals surface area contributed by atoms with Crippen molar-refractivity contribution in [3.8, 4) is 0 Å². The summed E-state index contributed by atoms with van der Waals surface area (Å²) in [7, 11) is 0. The van der Waals surface area contributed by atoms with Gasteiger partial charge in [-0.2, -0.15) is 0 Å². The summed E-state index contributed by atoms with van der Waals surface area (Å²) in [5, 5.41) is 2.77. The quantitative estimate of drug-likeness (QED) is 0.883. The van der Waals surface area contributed by atoms with E-state index in [0.717, 1.165) is 8.66 Å². The highest BCUT2D eigenvalue weighted by Crippen LogP contribution is 2.31. The Kier molecular flexibility index (Phi) is 4.25. The molecule has 0 saturated carbocycles. The Labute approximate surface area is 131 Å². The third kappa shape index (κ3) is 3.06. The van der Waals surface area contributed by atoms with Crippen LogP contribution in [0.3, 0.4) is 0 Å². The molecule has 1 aliphatic rings. The van der Waals surface area contributed by atoms with Crippen LogP contribution in [0.1, 0.15) is 32.6 Å². The van der Waals surface area contributed by atoms with Gasteiger partial charge in [0.15, 0.2) is 0 Å². The lowest BCUT2D eigenvalue weighted by Crippen LogP contribution is -2.65. The maximum Gasteiger partial charge on any atom is 0.245 e. The molecule has 20 heavy (non-hydrogen) atoms. The normalized spacial score (nSPS) is 23.9. The van der Waals surface area contributed by atoms with Crippen molar-refractivity contribution in [2.75, 3.05) is 0 Å². The van der Waals surface area contributed by atoms with E-state index in [4.69, 9.17) is 0 Å². The van der Waals surface area contributed by atoms with Crippen molar-refractivity contribution in [2.24, 2.45) is 5.41 Å². The number of nitrogens with one attached hydrogen (secondary N) is 1. The van der Waals surface area contributed by atoms with Crippen molar-refractivity contribution < 1.29 is 9.59 Å². The van der Waals surface area contributed by atoms with E-state index in [0.29, 0.717) is 6.54 Å². The maximum atomic E-state index is 12.4. The fourth-order valence-electron chi connectivity index (χ4n) is 2.51. The van der Waals surface area contributed by atoms with Crippen molar-refractivity contribution >= 4 is 39.1 Å². The number of halogens is 1. The number of piperazine rings is 1. The van der Waals surface area contributed by atoms with Gasteiger partial charge in [-0.15, -0.1) is 11.3 Å². The number of amides is 2. The molecule has 2 rings (SSSR count). The molecule has 4 nitrogen and oxygen atoms in total. The molecule has 110 valence electrons. The topological polar surface area (TPSA) is 49.4 Å². The molecule has 0 bridgehead atoms. The van der Waals surface area contributed by atoms with Crippen LogP contribution in [-0.2, 0) is 16.1 Å². The van der Waals surface area contributed by atoms with Crippen LogP contribution in [0, 0.1) is 5.41 Å². The molecule has 0 spiro atoms. The van der Waals surface area contributed by atoms with Crippen LogP contribution >= 0.6 is 27.3 Å². The standard InChI is InChI=1S/C14H19BrN2O2S/c1-8-13(19)17(7-9-5-6-10(15)20-9)11(12(18)16-8)14(2,3)4/h5-6,8,11H,7H2,1-4H3,(H,16,18). The predicted molar refractivity (Wildman–Crippen MR) is 83.4 cm³/mol. The van der Waals surface area contributed by atoms with Gasteiger partial charge in [0.2, 0.25) is 11.8 Å². The third-order valence-corrected chi connectivity index (χ3v) is 4.96. The molecule has 2 unspecified atom stereocenters. The minimum Gasteiger partial charge on any atom is -0.343 e. The summed E-state index contributed by atoms with van der Waals surface area (Å²) in [5.41, 5.74) is -0.297. The molecule has 0 aromatic carbocycles. The van der Waals surface area contributed by atoms with Crippen LogP contribution in [0.5, 0.6) is 0 Å². The highest BCUT2D eigenvalue weighted by atomic mass is 79.9. The molecule has 1 fully saturated rings. The molecular weight excluding hydrogens is 340 g/mol. The van der Waals surface area contributed by atoms with Gasteiger partial charge in [-0.05, 0) is 40.4 Å². The van der Waals surface area contributed by atoms with Crippen LogP contribution < -0.4 is 5.32 Å². The number of rotatable bonds is 2. The fraction of sp³-hybridized carbons (Fsp3) is 0.571. The Morgan fingerprint density at radius 1 is 1.35 bits per heavy atom. The number of carbonyl (C=O) groups is 2. The smallest absolute Gasteiger partial charge is 0.245 e. The molecule has 1 N–H and O–H groups in total. The molecule has 2 heterocycles. The Morgan fingerprint density at radius 3 is 2.50 bits per heavy atom. The molecular formula is C14H19BrN2O2S. The van der Waals surface area contributed by atoms with Crippen molar-refractivity contribution in [3.05, 3.63) is 20.8 Å². The second kappa shape index (κ2) is 5.48. The minimum absolute atomic E-state index is 0.0194. The average Bonchev–Trinajstić information content (AvgIpc) is 2.69. The summed E-state index contributed by atoms with van der Waals surface area (Å²) in [6, 6.07) is 3.06. The Balaban J connectivity index is 2.32. The predicted octanol–water partition coefficient (Wildman–Crippen LogP) is 2.77. The van der Waals surface area contributed by atoms with Crippen LogP contribution in [-0.4, -0.2) is 28.8 Å². The molecule has 0 aliphatic carbocycles. The number of hydrogen-bond donors (Lipinski definition) is 1. The van der Waals surface area contributed by atoms with Crippen LogP contribution in [0.25, 0.3) is 0 Å². The van der Waals surface area contributed by atoms with Gasteiger partial charge in [-0.3, -0.25) is 9.59 Å². The molecule has 2 atom stereocenters. The van der Waals surface area contributed by atoms with E-state index in [2.05, 4.69) is 21.2 Å². The zero-order valence-corrected chi connectivity index (χ0v) is 14.5. The number of thiophene rings is 1. The van der Waals surface area contributed by atoms with Crippen LogP contribution in [0.15, 0.2) is 15.9 Å². The number of nitrogens with zero attached hydrogens (tertiary/aromatic N) is 1. The summed E-state index contributed by atoms with van der Waals surface area (Å²) in [4.78, 5) is 27.5. The highest BCUT2D eigenvalue weighted by Gasteiger charge is 2.44. The maximum absolute atomic E-state index is 12.4. The second-order valence-electron chi connectivity index (χ2n) is 6.17. The van der Waals surface area contributed by atoms with Crippen molar-refractivity contribution in [1.82, 2.24) is 10.2 Å². The van der Waals surface area contributed by atoms with Crippen molar-refractivity contribution in [1.29, 1.82) is 0 Å². The zero-order chi connectivity index (χ0) is 15.1. The van der Waals surface area contributed by atoms with E-state index in [9.17, 15) is 9.59 Å². The van der Waals surface area contributed by atoms with Crippen LogP contribution in [0.4, 0.5) is 0 Å². The van der Waals surface area contributed by atoms with E-state index < -0.39 is 12.1 Å². The summed E-state index contributed by atoms with van der Waals surface area (Å²) in [5.74, 6) is -0.0886. The first-order valence-corrected chi connectivity index (χ1v) is 8.16. The zero-order valence-electron chi connectivity index (χ0n) is 12.1. The molecule has 0 radical (unpaired) electrons. The summed E-state index contributed by atoms with van der Waals surface area (Å²) < 4.78 is 1.03. The van der Waals surface area contributed by atoms with Gasteiger partial charge in [-0.1, -0.05) is 20.8 Å². The van der Waals surface area contributed by atoms with Crippen molar-refractivity contribution in [2.45, 2.75) is 46.3 Å². The molecule has 1 aliphatic heterocycles. The van der Waals surface area contributed by atoms with Crippen LogP contribution in [0.2, 0.25) is 0 Å². The molecule has 1 saturated heterocycles. The first kappa shape index (κ1) is 15.5. The molecule has 1 aromatic rings. The monoisotopic (exact) mass is 358 g/mol. The summed E-state index contributed by atoms with van der Waals surface area (Å²) in [6.45, 7) is 8.17. The Hall–Kier alpha value is -0.880. The molecule has 1 aromatic heterocycles. The van der Waals surface area contributed by atoms with Gasteiger partial charge in [0.25, 0.3) is 0 Å². The Bertz CT molecular complexity index is 536. The first-order chi connectivity index (χ1) is 9.20. The third-order valence-electron chi connectivity index (χ3n) is 3.35. The van der Waals surface area contributed by atoms with Gasteiger partial charge in [-0.25, -0.2) is 0 Å². The van der Waals surface area contributed by atoms with Crippen molar-refractivity contribution in [3.63, 3.8) is 0 Å². The van der Waals surface area contributed by atoms with E-state index in [1.54, 1.807) is 23.2 Å². The summed E-state index contributed by atoms with van der Waals surface area (Å²) >= 11 is 5.02. The van der Waals surface area contributed by atoms with E-state index in [1.807, 2.05) is 32.9 Å². The van der Waals surface area contributed by atoms with E-state index in [-0.39, 0.29) is 17.2 Å². The van der Waals surface area contributed by atoms with Gasteiger partial charge in [0.1, 0.15) is 12.1 Å².